The second-order valence-corrected chi connectivity index (χ2v) is 7.85. The molecule has 0 radical (unpaired) electrons. The summed E-state index contributed by atoms with van der Waals surface area (Å²) in [5.41, 5.74) is 2.98. The minimum absolute atomic E-state index is 0.0144. The van der Waals surface area contributed by atoms with Crippen molar-refractivity contribution >= 4 is 17.5 Å². The highest BCUT2D eigenvalue weighted by Crippen LogP contribution is 2.47. The van der Waals surface area contributed by atoms with Gasteiger partial charge in [0, 0.05) is 36.3 Å². The zero-order chi connectivity index (χ0) is 19.4. The Balaban J connectivity index is 1.24. The number of nitrogens with zero attached hydrogens (tertiary/aromatic N) is 1. The molecule has 2 fully saturated rings. The van der Waals surface area contributed by atoms with E-state index in [1.54, 1.807) is 0 Å². The van der Waals surface area contributed by atoms with Gasteiger partial charge in [-0.25, -0.2) is 0 Å². The van der Waals surface area contributed by atoms with Crippen molar-refractivity contribution in [1.29, 1.82) is 0 Å². The Labute approximate surface area is 166 Å². The summed E-state index contributed by atoms with van der Waals surface area (Å²) < 4.78 is 0. The van der Waals surface area contributed by atoms with Gasteiger partial charge in [0.25, 0.3) is 5.91 Å². The van der Waals surface area contributed by atoms with Crippen LogP contribution in [0.5, 0.6) is 0 Å². The van der Waals surface area contributed by atoms with E-state index in [-0.39, 0.29) is 23.8 Å². The Bertz CT molecular complexity index is 823. The topological polar surface area (TPSA) is 61.4 Å². The fourth-order valence-electron chi connectivity index (χ4n) is 3.86. The first-order chi connectivity index (χ1) is 13.7. The molecule has 4 rings (SSSR count). The van der Waals surface area contributed by atoms with Crippen LogP contribution in [0.1, 0.15) is 41.6 Å². The Morgan fingerprint density at radius 1 is 0.929 bits per heavy atom. The zero-order valence-corrected chi connectivity index (χ0v) is 16.1. The van der Waals surface area contributed by atoms with E-state index in [0.29, 0.717) is 12.1 Å². The normalized spacial score (nSPS) is 17.2. The molecule has 2 aliphatic rings. The van der Waals surface area contributed by atoms with E-state index in [1.165, 1.54) is 5.56 Å². The van der Waals surface area contributed by atoms with Crippen LogP contribution in [-0.4, -0.2) is 42.9 Å². The summed E-state index contributed by atoms with van der Waals surface area (Å²) in [5.74, 6) is 0.0804. The molecule has 0 atom stereocenters. The van der Waals surface area contributed by atoms with Crippen LogP contribution in [0.3, 0.4) is 0 Å². The summed E-state index contributed by atoms with van der Waals surface area (Å²) in [6, 6.07) is 17.8. The van der Waals surface area contributed by atoms with E-state index >= 15 is 0 Å². The molecule has 2 amide bonds. The average Bonchev–Trinajstić information content (AvgIpc) is 3.34. The molecule has 2 aromatic rings. The molecule has 2 aromatic carbocycles. The van der Waals surface area contributed by atoms with Crippen LogP contribution < -0.4 is 10.6 Å². The third-order valence-electron chi connectivity index (χ3n) is 5.84. The standard InChI is InChI=1S/C23H27N3O2/c27-21(25-17-23(12-13-23)19-6-2-1-3-7-19)16-24-20-10-8-18(9-11-20)22(28)26-14-4-5-15-26/h1-3,6-11,24H,4-5,12-17H2,(H,25,27). The average molecular weight is 377 g/mol. The van der Waals surface area contributed by atoms with Gasteiger partial charge < -0.3 is 15.5 Å². The molecule has 28 heavy (non-hydrogen) atoms. The first-order valence-electron chi connectivity index (χ1n) is 10.1. The SMILES string of the molecule is O=C(CNc1ccc(C(=O)N2CCCC2)cc1)NCC1(c2ccccc2)CC1. The van der Waals surface area contributed by atoms with Crippen molar-refractivity contribution in [3.05, 3.63) is 65.7 Å². The van der Waals surface area contributed by atoms with Crippen molar-refractivity contribution in [2.45, 2.75) is 31.1 Å². The van der Waals surface area contributed by atoms with Gasteiger partial charge in [-0.1, -0.05) is 30.3 Å². The van der Waals surface area contributed by atoms with E-state index in [9.17, 15) is 9.59 Å². The lowest BCUT2D eigenvalue weighted by molar-refractivity contribution is -0.119. The van der Waals surface area contributed by atoms with Crippen LogP contribution in [0.15, 0.2) is 54.6 Å². The van der Waals surface area contributed by atoms with Crippen LogP contribution >= 0.6 is 0 Å². The Morgan fingerprint density at radius 2 is 1.61 bits per heavy atom. The lowest BCUT2D eigenvalue weighted by atomic mass is 9.96. The Hall–Kier alpha value is -2.82. The number of hydrogen-bond acceptors (Lipinski definition) is 3. The van der Waals surface area contributed by atoms with Crippen LogP contribution in [0.4, 0.5) is 5.69 Å². The highest BCUT2D eigenvalue weighted by atomic mass is 16.2. The smallest absolute Gasteiger partial charge is 0.253 e. The molecule has 1 aliphatic carbocycles. The Morgan fingerprint density at radius 3 is 2.25 bits per heavy atom. The lowest BCUT2D eigenvalue weighted by Crippen LogP contribution is -2.35. The van der Waals surface area contributed by atoms with Crippen molar-refractivity contribution in [3.63, 3.8) is 0 Å². The zero-order valence-electron chi connectivity index (χ0n) is 16.1. The van der Waals surface area contributed by atoms with Crippen molar-refractivity contribution in [2.24, 2.45) is 0 Å². The maximum Gasteiger partial charge on any atom is 0.253 e. The van der Waals surface area contributed by atoms with E-state index in [0.717, 1.165) is 44.5 Å². The number of amides is 2. The van der Waals surface area contributed by atoms with Gasteiger partial charge in [0.1, 0.15) is 0 Å². The molecular formula is C23H27N3O2. The molecule has 0 unspecified atom stereocenters. The number of rotatable bonds is 7. The summed E-state index contributed by atoms with van der Waals surface area (Å²) >= 11 is 0. The van der Waals surface area contributed by atoms with Crippen molar-refractivity contribution in [1.82, 2.24) is 10.2 Å². The molecule has 1 heterocycles. The highest BCUT2D eigenvalue weighted by molar-refractivity contribution is 5.94. The quantitative estimate of drug-likeness (QED) is 0.779. The van der Waals surface area contributed by atoms with E-state index in [4.69, 9.17) is 0 Å². The number of likely N-dealkylation sites (tertiary alicyclic amines) is 1. The molecule has 0 aromatic heterocycles. The molecular weight excluding hydrogens is 350 g/mol. The van der Waals surface area contributed by atoms with Gasteiger partial charge in [0.2, 0.25) is 5.91 Å². The number of nitrogens with one attached hydrogen (secondary N) is 2. The molecule has 5 heteroatoms. The maximum atomic E-state index is 12.4. The van der Waals surface area contributed by atoms with Crippen LogP contribution in [0.25, 0.3) is 0 Å². The monoisotopic (exact) mass is 377 g/mol. The van der Waals surface area contributed by atoms with Crippen LogP contribution in [-0.2, 0) is 10.2 Å². The van der Waals surface area contributed by atoms with Gasteiger partial charge >= 0.3 is 0 Å². The van der Waals surface area contributed by atoms with Gasteiger partial charge in [-0.3, -0.25) is 9.59 Å². The van der Waals surface area contributed by atoms with Gasteiger partial charge in [0.15, 0.2) is 0 Å². The second-order valence-electron chi connectivity index (χ2n) is 7.85. The summed E-state index contributed by atoms with van der Waals surface area (Å²) in [6.07, 6.45) is 4.42. The number of benzene rings is 2. The predicted octanol–water partition coefficient (Wildman–Crippen LogP) is 3.18. The fourth-order valence-corrected chi connectivity index (χ4v) is 3.86. The molecule has 2 N–H and O–H groups in total. The van der Waals surface area contributed by atoms with Gasteiger partial charge in [-0.15, -0.1) is 0 Å². The first kappa shape index (κ1) is 18.5. The molecule has 5 nitrogen and oxygen atoms in total. The van der Waals surface area contributed by atoms with Crippen LogP contribution in [0.2, 0.25) is 0 Å². The molecule has 1 saturated heterocycles. The summed E-state index contributed by atoms with van der Waals surface area (Å²) in [5, 5.41) is 6.20. The molecule has 1 aliphatic heterocycles. The number of anilines is 1. The van der Waals surface area contributed by atoms with E-state index in [1.807, 2.05) is 35.2 Å². The van der Waals surface area contributed by atoms with Crippen molar-refractivity contribution < 1.29 is 9.59 Å². The van der Waals surface area contributed by atoms with Crippen molar-refractivity contribution in [3.8, 4) is 0 Å². The largest absolute Gasteiger partial charge is 0.376 e. The molecule has 146 valence electrons. The third-order valence-corrected chi connectivity index (χ3v) is 5.84. The van der Waals surface area contributed by atoms with E-state index < -0.39 is 0 Å². The number of carbonyl (C=O) groups is 2. The summed E-state index contributed by atoms with van der Waals surface area (Å²) in [4.78, 5) is 26.5. The van der Waals surface area contributed by atoms with Gasteiger partial charge in [-0.2, -0.15) is 0 Å². The molecule has 0 spiro atoms. The van der Waals surface area contributed by atoms with Gasteiger partial charge in [-0.05, 0) is 55.5 Å². The lowest BCUT2D eigenvalue weighted by Gasteiger charge is -2.17. The second kappa shape index (κ2) is 8.05. The Kier molecular flexibility index (Phi) is 5.33. The van der Waals surface area contributed by atoms with Gasteiger partial charge in [0.05, 0.1) is 6.54 Å². The third kappa shape index (κ3) is 4.19. The van der Waals surface area contributed by atoms with Crippen molar-refractivity contribution in [2.75, 3.05) is 31.5 Å². The number of carbonyl (C=O) groups excluding carboxylic acids is 2. The first-order valence-corrected chi connectivity index (χ1v) is 10.1. The summed E-state index contributed by atoms with van der Waals surface area (Å²) in [6.45, 7) is 2.61. The molecule has 1 saturated carbocycles. The minimum atomic E-state index is -0.0144. The number of hydrogen-bond donors (Lipinski definition) is 2. The summed E-state index contributed by atoms with van der Waals surface area (Å²) in [7, 11) is 0. The maximum absolute atomic E-state index is 12.4. The minimum Gasteiger partial charge on any atom is -0.376 e. The molecule has 0 bridgehead atoms. The predicted molar refractivity (Wildman–Crippen MR) is 110 cm³/mol. The fraction of sp³-hybridized carbons (Fsp3) is 0.391. The van der Waals surface area contributed by atoms with Crippen LogP contribution in [0, 0.1) is 0 Å². The van der Waals surface area contributed by atoms with E-state index in [2.05, 4.69) is 34.9 Å². The highest BCUT2D eigenvalue weighted by Gasteiger charge is 2.44.